The minimum Gasteiger partial charge on any atom is -0.478 e. The first-order chi connectivity index (χ1) is 9.54. The van der Waals surface area contributed by atoms with Gasteiger partial charge in [-0.15, -0.1) is 0 Å². The summed E-state index contributed by atoms with van der Waals surface area (Å²) in [6, 6.07) is 10.5. The van der Waals surface area contributed by atoms with Crippen LogP contribution < -0.4 is 0 Å². The van der Waals surface area contributed by atoms with Gasteiger partial charge >= 0.3 is 5.97 Å². The maximum absolute atomic E-state index is 11.0. The molecule has 1 N–H and O–H groups in total. The molecule has 0 fully saturated rings. The largest absolute Gasteiger partial charge is 0.478 e. The number of fused-ring (bicyclic) bond motifs is 1. The summed E-state index contributed by atoms with van der Waals surface area (Å²) in [6.45, 7) is 4.04. The summed E-state index contributed by atoms with van der Waals surface area (Å²) in [4.78, 5) is 15.4. The van der Waals surface area contributed by atoms with Crippen LogP contribution in [0.5, 0.6) is 0 Å². The van der Waals surface area contributed by atoms with Gasteiger partial charge in [0.15, 0.2) is 5.58 Å². The van der Waals surface area contributed by atoms with Gasteiger partial charge < -0.3 is 9.52 Å². The maximum atomic E-state index is 11.0. The van der Waals surface area contributed by atoms with Gasteiger partial charge in [-0.25, -0.2) is 9.78 Å². The molecule has 4 heteroatoms. The average Bonchev–Trinajstić information content (AvgIpc) is 2.82. The fourth-order valence-electron chi connectivity index (χ4n) is 2.09. The second kappa shape index (κ2) is 4.49. The molecule has 0 aliphatic carbocycles. The number of aromatic carboxylic acids is 1. The Morgan fingerprint density at radius 2 is 1.90 bits per heavy atom. The third-order valence-electron chi connectivity index (χ3n) is 3.36. The number of nitrogens with zero attached hydrogens (tertiary/aromatic N) is 1. The number of carboxylic acid groups (broad SMARTS) is 1. The molecule has 100 valence electrons. The Hall–Kier alpha value is -2.62. The van der Waals surface area contributed by atoms with Gasteiger partial charge in [0.25, 0.3) is 0 Å². The van der Waals surface area contributed by atoms with E-state index in [1.54, 1.807) is 24.3 Å². The topological polar surface area (TPSA) is 63.3 Å². The van der Waals surface area contributed by atoms with E-state index in [4.69, 9.17) is 9.52 Å². The molecule has 0 atom stereocenters. The second-order valence-corrected chi connectivity index (χ2v) is 4.81. The first-order valence-corrected chi connectivity index (χ1v) is 6.26. The molecule has 3 aromatic rings. The zero-order valence-electron chi connectivity index (χ0n) is 11.2. The molecule has 0 spiro atoms. The molecule has 0 aliphatic heterocycles. The minimum absolute atomic E-state index is 0.220. The van der Waals surface area contributed by atoms with Crippen LogP contribution in [0.25, 0.3) is 22.6 Å². The van der Waals surface area contributed by atoms with Gasteiger partial charge in [0, 0.05) is 5.56 Å². The summed E-state index contributed by atoms with van der Waals surface area (Å²) in [7, 11) is 0. The van der Waals surface area contributed by atoms with E-state index >= 15 is 0 Å². The van der Waals surface area contributed by atoms with Crippen molar-refractivity contribution < 1.29 is 14.3 Å². The predicted molar refractivity (Wildman–Crippen MR) is 75.9 cm³/mol. The van der Waals surface area contributed by atoms with Crippen molar-refractivity contribution in [2.75, 3.05) is 0 Å². The van der Waals surface area contributed by atoms with E-state index in [0.29, 0.717) is 17.0 Å². The molecule has 0 saturated carbocycles. The molecule has 0 saturated heterocycles. The van der Waals surface area contributed by atoms with E-state index < -0.39 is 5.97 Å². The number of benzene rings is 2. The van der Waals surface area contributed by atoms with Crippen molar-refractivity contribution in [3.05, 3.63) is 53.1 Å². The Bertz CT molecular complexity index is 779. The van der Waals surface area contributed by atoms with Crippen LogP contribution in [0.1, 0.15) is 21.5 Å². The van der Waals surface area contributed by atoms with Crippen LogP contribution >= 0.6 is 0 Å². The van der Waals surface area contributed by atoms with Crippen LogP contribution in [-0.4, -0.2) is 16.1 Å². The highest BCUT2D eigenvalue weighted by atomic mass is 16.4. The van der Waals surface area contributed by atoms with Crippen molar-refractivity contribution in [1.29, 1.82) is 0 Å². The average molecular weight is 267 g/mol. The number of carbonyl (C=O) groups is 1. The molecule has 0 unspecified atom stereocenters. The number of hydrogen-bond acceptors (Lipinski definition) is 3. The summed E-state index contributed by atoms with van der Waals surface area (Å²) in [5, 5.41) is 9.02. The van der Waals surface area contributed by atoms with E-state index in [2.05, 4.69) is 4.98 Å². The molecule has 0 radical (unpaired) electrons. The molecule has 0 amide bonds. The lowest BCUT2D eigenvalue weighted by Crippen LogP contribution is -1.95. The number of carboxylic acids is 1. The van der Waals surface area contributed by atoms with E-state index in [1.165, 1.54) is 0 Å². The summed E-state index contributed by atoms with van der Waals surface area (Å²) in [6.07, 6.45) is 0. The Labute approximate surface area is 115 Å². The van der Waals surface area contributed by atoms with Crippen LogP contribution in [0.3, 0.4) is 0 Å². The van der Waals surface area contributed by atoms with Crippen LogP contribution in [0.4, 0.5) is 0 Å². The number of rotatable bonds is 2. The monoisotopic (exact) mass is 267 g/mol. The third kappa shape index (κ3) is 2.05. The first-order valence-electron chi connectivity index (χ1n) is 6.26. The van der Waals surface area contributed by atoms with E-state index in [0.717, 1.165) is 16.6 Å². The molecular formula is C16H13NO3. The van der Waals surface area contributed by atoms with Gasteiger partial charge in [-0.05, 0) is 55.3 Å². The quantitative estimate of drug-likeness (QED) is 0.766. The van der Waals surface area contributed by atoms with Crippen molar-refractivity contribution in [1.82, 2.24) is 4.98 Å². The second-order valence-electron chi connectivity index (χ2n) is 4.81. The van der Waals surface area contributed by atoms with Gasteiger partial charge in [0.05, 0.1) is 5.56 Å². The lowest BCUT2D eigenvalue weighted by atomic mass is 10.1. The lowest BCUT2D eigenvalue weighted by Gasteiger charge is -1.97. The molecule has 20 heavy (non-hydrogen) atoms. The van der Waals surface area contributed by atoms with E-state index in [1.807, 2.05) is 26.0 Å². The highest BCUT2D eigenvalue weighted by Crippen LogP contribution is 2.26. The molecule has 1 aromatic heterocycles. The Morgan fingerprint density at radius 3 is 2.65 bits per heavy atom. The van der Waals surface area contributed by atoms with Crippen molar-refractivity contribution >= 4 is 17.1 Å². The molecule has 0 bridgehead atoms. The molecule has 4 nitrogen and oxygen atoms in total. The number of oxazole rings is 1. The molecular weight excluding hydrogens is 254 g/mol. The predicted octanol–water partition coefficient (Wildman–Crippen LogP) is 3.81. The van der Waals surface area contributed by atoms with Gasteiger partial charge in [-0.3, -0.25) is 0 Å². The van der Waals surface area contributed by atoms with E-state index in [9.17, 15) is 4.79 Å². The normalized spacial score (nSPS) is 10.9. The number of aromatic nitrogens is 1. The third-order valence-corrected chi connectivity index (χ3v) is 3.36. The number of aryl methyl sites for hydroxylation is 2. The highest BCUT2D eigenvalue weighted by Gasteiger charge is 2.11. The fourth-order valence-corrected chi connectivity index (χ4v) is 2.09. The van der Waals surface area contributed by atoms with Gasteiger partial charge in [0.1, 0.15) is 5.52 Å². The van der Waals surface area contributed by atoms with Gasteiger partial charge in [0.2, 0.25) is 5.89 Å². The van der Waals surface area contributed by atoms with Gasteiger partial charge in [-0.2, -0.15) is 0 Å². The summed E-state index contributed by atoms with van der Waals surface area (Å²) in [5.41, 5.74) is 4.66. The maximum Gasteiger partial charge on any atom is 0.335 e. The van der Waals surface area contributed by atoms with E-state index in [-0.39, 0.29) is 5.56 Å². The molecule has 3 rings (SSSR count). The summed E-state index contributed by atoms with van der Waals surface area (Å²) < 4.78 is 5.72. The Morgan fingerprint density at radius 1 is 1.15 bits per heavy atom. The first kappa shape index (κ1) is 12.4. The van der Waals surface area contributed by atoms with Crippen LogP contribution in [0.2, 0.25) is 0 Å². The van der Waals surface area contributed by atoms with Crippen LogP contribution in [-0.2, 0) is 0 Å². The highest BCUT2D eigenvalue weighted by molar-refractivity contribution is 5.89. The summed E-state index contributed by atoms with van der Waals surface area (Å²) >= 11 is 0. The van der Waals surface area contributed by atoms with Crippen molar-refractivity contribution in [3.63, 3.8) is 0 Å². The standard InChI is InChI=1S/C16H13NO3/c1-9-6-13-14(7-10(9)2)20-15(17-13)11-4-3-5-12(8-11)16(18)19/h3-8H,1-2H3,(H,18,19). The molecule has 1 heterocycles. The lowest BCUT2D eigenvalue weighted by molar-refractivity contribution is 0.0697. The van der Waals surface area contributed by atoms with Crippen molar-refractivity contribution in [2.45, 2.75) is 13.8 Å². The van der Waals surface area contributed by atoms with Crippen molar-refractivity contribution in [2.24, 2.45) is 0 Å². The fraction of sp³-hybridized carbons (Fsp3) is 0.125. The SMILES string of the molecule is Cc1cc2nc(-c3cccc(C(=O)O)c3)oc2cc1C. The summed E-state index contributed by atoms with van der Waals surface area (Å²) in [5.74, 6) is -0.525. The zero-order chi connectivity index (χ0) is 14.3. The Balaban J connectivity index is 2.15. The van der Waals surface area contributed by atoms with Crippen LogP contribution in [0, 0.1) is 13.8 Å². The minimum atomic E-state index is -0.963. The smallest absolute Gasteiger partial charge is 0.335 e. The van der Waals surface area contributed by atoms with Crippen molar-refractivity contribution in [3.8, 4) is 11.5 Å². The zero-order valence-corrected chi connectivity index (χ0v) is 11.2. The molecule has 0 aliphatic rings. The number of hydrogen-bond donors (Lipinski definition) is 1. The molecule has 2 aromatic carbocycles. The van der Waals surface area contributed by atoms with Gasteiger partial charge in [-0.1, -0.05) is 6.07 Å². The Kier molecular flexibility index (Phi) is 2.79. The van der Waals surface area contributed by atoms with Crippen LogP contribution in [0.15, 0.2) is 40.8 Å².